The molecule has 4 rings (SSSR count). The third-order valence-electron chi connectivity index (χ3n) is 5.80. The summed E-state index contributed by atoms with van der Waals surface area (Å²) in [7, 11) is 0. The van der Waals surface area contributed by atoms with Gasteiger partial charge >= 0.3 is 0 Å². The highest BCUT2D eigenvalue weighted by molar-refractivity contribution is 7.15. The Morgan fingerprint density at radius 2 is 1.83 bits per heavy atom. The first-order valence-electron chi connectivity index (χ1n) is 10.9. The largest absolute Gasteiger partial charge is 0.381 e. The molecule has 0 atom stereocenters. The summed E-state index contributed by atoms with van der Waals surface area (Å²) in [5.74, 6) is 0.677. The molecule has 0 bridgehead atoms. The van der Waals surface area contributed by atoms with Gasteiger partial charge < -0.3 is 4.74 Å². The molecule has 1 aliphatic rings. The zero-order valence-electron chi connectivity index (χ0n) is 18.0. The third-order valence-corrected chi connectivity index (χ3v) is 7.07. The van der Waals surface area contributed by atoms with Crippen molar-refractivity contribution in [2.24, 2.45) is 5.92 Å². The lowest BCUT2D eigenvalue weighted by Crippen LogP contribution is -2.13. The van der Waals surface area contributed by atoms with Gasteiger partial charge in [-0.25, -0.2) is 4.98 Å². The Morgan fingerprint density at radius 1 is 1.10 bits per heavy atom. The fourth-order valence-electron chi connectivity index (χ4n) is 4.02. The topological polar surface area (TPSA) is 39.2 Å². The zero-order valence-corrected chi connectivity index (χ0v) is 18.8. The number of thiazole rings is 1. The van der Waals surface area contributed by atoms with E-state index in [1.165, 1.54) is 15.4 Å². The van der Waals surface area contributed by atoms with Gasteiger partial charge in [-0.05, 0) is 36.5 Å². The Balaban J connectivity index is 1.81. The Bertz CT molecular complexity index is 1020. The maximum absolute atomic E-state index is 12.6. The molecular weight excluding hydrogens is 390 g/mol. The van der Waals surface area contributed by atoms with Crippen LogP contribution in [0.5, 0.6) is 0 Å². The van der Waals surface area contributed by atoms with Gasteiger partial charge in [0.05, 0.1) is 15.6 Å². The van der Waals surface area contributed by atoms with Crippen molar-refractivity contribution in [1.29, 1.82) is 0 Å². The van der Waals surface area contributed by atoms with Crippen LogP contribution in [0.2, 0.25) is 0 Å². The molecule has 1 fully saturated rings. The van der Waals surface area contributed by atoms with Crippen LogP contribution in [-0.4, -0.2) is 24.0 Å². The molecule has 1 saturated heterocycles. The van der Waals surface area contributed by atoms with Gasteiger partial charge in [0.1, 0.15) is 0 Å². The Labute approximate surface area is 183 Å². The highest BCUT2D eigenvalue weighted by Gasteiger charge is 2.24. The van der Waals surface area contributed by atoms with E-state index < -0.39 is 0 Å². The summed E-state index contributed by atoms with van der Waals surface area (Å²) >= 11 is 1.81. The van der Waals surface area contributed by atoms with Crippen LogP contribution in [0.4, 0.5) is 0 Å². The molecule has 0 spiro atoms. The second-order valence-corrected chi connectivity index (χ2v) is 9.26. The number of hydrogen-bond acceptors (Lipinski definition) is 4. The van der Waals surface area contributed by atoms with E-state index in [9.17, 15) is 4.79 Å². The van der Waals surface area contributed by atoms with Gasteiger partial charge in [0, 0.05) is 36.2 Å². The number of aromatic nitrogens is 1. The molecule has 0 amide bonds. The number of aryl methyl sites for hydroxylation is 1. The van der Waals surface area contributed by atoms with Crippen LogP contribution in [0, 0.1) is 5.92 Å². The number of Topliss-reactive ketones (excluding diaryl/α,β-unsaturated/α-hetero) is 1. The maximum atomic E-state index is 12.6. The van der Waals surface area contributed by atoms with Gasteiger partial charge in [-0.1, -0.05) is 63.2 Å². The monoisotopic (exact) mass is 419 g/mol. The zero-order chi connectivity index (χ0) is 21.1. The normalized spacial score (nSPS) is 14.9. The van der Waals surface area contributed by atoms with Crippen LogP contribution in [0.25, 0.3) is 21.7 Å². The lowest BCUT2D eigenvalue weighted by Gasteiger charge is -2.19. The Kier molecular flexibility index (Phi) is 6.45. The van der Waals surface area contributed by atoms with Crippen LogP contribution in [0.15, 0.2) is 48.5 Å². The smallest absolute Gasteiger partial charge is 0.165 e. The van der Waals surface area contributed by atoms with Crippen molar-refractivity contribution in [2.45, 2.75) is 46.0 Å². The predicted molar refractivity (Wildman–Crippen MR) is 124 cm³/mol. The quantitative estimate of drug-likeness (QED) is 0.414. The van der Waals surface area contributed by atoms with Gasteiger partial charge in [0.25, 0.3) is 0 Å². The number of benzene rings is 2. The Hall–Kier alpha value is -2.30. The number of carbonyl (C=O) groups is 1. The molecule has 2 heterocycles. The van der Waals surface area contributed by atoms with E-state index in [1.54, 1.807) is 0 Å². The van der Waals surface area contributed by atoms with Crippen molar-refractivity contribution in [2.75, 3.05) is 13.2 Å². The number of nitrogens with zero attached hydrogens (tertiary/aromatic N) is 1. The van der Waals surface area contributed by atoms with E-state index in [2.05, 4.69) is 43.3 Å². The average molecular weight is 420 g/mol. The van der Waals surface area contributed by atoms with Crippen LogP contribution in [0.1, 0.15) is 60.5 Å². The SMILES string of the molecule is CCc1cc(-c2nc(C3CCOCC3)sc2-c2ccccc2)ccc1C(=O)C(C)C. The lowest BCUT2D eigenvalue weighted by molar-refractivity contribution is 0.0853. The molecule has 30 heavy (non-hydrogen) atoms. The lowest BCUT2D eigenvalue weighted by atomic mass is 9.92. The predicted octanol–water partition coefficient (Wildman–Crippen LogP) is 6.77. The second kappa shape index (κ2) is 9.23. The molecule has 3 aromatic rings. The molecule has 1 aliphatic heterocycles. The number of ketones is 1. The third kappa shape index (κ3) is 4.26. The van der Waals surface area contributed by atoms with Crippen molar-refractivity contribution in [3.63, 3.8) is 0 Å². The van der Waals surface area contributed by atoms with Crippen molar-refractivity contribution < 1.29 is 9.53 Å². The summed E-state index contributed by atoms with van der Waals surface area (Å²) in [5.41, 5.74) is 5.28. The van der Waals surface area contributed by atoms with Gasteiger partial charge in [-0.15, -0.1) is 11.3 Å². The van der Waals surface area contributed by atoms with Gasteiger partial charge in [0.2, 0.25) is 0 Å². The van der Waals surface area contributed by atoms with E-state index in [-0.39, 0.29) is 11.7 Å². The molecule has 3 nitrogen and oxygen atoms in total. The summed E-state index contributed by atoms with van der Waals surface area (Å²) in [4.78, 5) is 19.0. The van der Waals surface area contributed by atoms with E-state index >= 15 is 0 Å². The van der Waals surface area contributed by atoms with Gasteiger partial charge in [-0.3, -0.25) is 4.79 Å². The molecule has 2 aromatic carbocycles. The van der Waals surface area contributed by atoms with Crippen molar-refractivity contribution in [3.8, 4) is 21.7 Å². The summed E-state index contributed by atoms with van der Waals surface area (Å²) in [6.45, 7) is 7.66. The maximum Gasteiger partial charge on any atom is 0.165 e. The highest BCUT2D eigenvalue weighted by atomic mass is 32.1. The van der Waals surface area contributed by atoms with Crippen LogP contribution >= 0.6 is 11.3 Å². The summed E-state index contributed by atoms with van der Waals surface area (Å²) in [6.07, 6.45) is 2.89. The molecule has 0 aliphatic carbocycles. The van der Waals surface area contributed by atoms with Crippen molar-refractivity contribution in [1.82, 2.24) is 4.98 Å². The first kappa shape index (κ1) is 21.0. The average Bonchev–Trinajstić information content (AvgIpc) is 3.25. The summed E-state index contributed by atoms with van der Waals surface area (Å²) in [6, 6.07) is 16.8. The number of hydrogen-bond donors (Lipinski definition) is 0. The van der Waals surface area contributed by atoms with Crippen molar-refractivity contribution in [3.05, 3.63) is 64.7 Å². The number of rotatable bonds is 6. The fraction of sp³-hybridized carbons (Fsp3) is 0.385. The molecular formula is C26H29NO2S. The van der Waals surface area contributed by atoms with E-state index in [0.29, 0.717) is 5.92 Å². The molecule has 0 N–H and O–H groups in total. The first-order valence-corrected chi connectivity index (χ1v) is 11.7. The second-order valence-electron chi connectivity index (χ2n) is 8.23. The van der Waals surface area contributed by atoms with E-state index in [1.807, 2.05) is 37.3 Å². The first-order chi connectivity index (χ1) is 14.6. The molecule has 0 saturated carbocycles. The van der Waals surface area contributed by atoms with Crippen LogP contribution in [-0.2, 0) is 11.2 Å². The van der Waals surface area contributed by atoms with Crippen molar-refractivity contribution >= 4 is 17.1 Å². The van der Waals surface area contributed by atoms with E-state index in [0.717, 1.165) is 54.9 Å². The molecule has 0 unspecified atom stereocenters. The minimum absolute atomic E-state index is 0.000394. The fourth-order valence-corrected chi connectivity index (χ4v) is 5.28. The standard InChI is InChI=1S/C26H29NO2S/c1-4-18-16-21(10-11-22(18)24(28)17(2)3)23-25(19-8-6-5-7-9-19)30-26(27-23)20-12-14-29-15-13-20/h5-11,16-17,20H,4,12-15H2,1-3H3. The molecule has 1 aromatic heterocycles. The van der Waals surface area contributed by atoms with Crippen LogP contribution in [0.3, 0.4) is 0 Å². The highest BCUT2D eigenvalue weighted by Crippen LogP contribution is 2.41. The minimum atomic E-state index is 0.000394. The van der Waals surface area contributed by atoms with Gasteiger partial charge in [-0.2, -0.15) is 0 Å². The summed E-state index contributed by atoms with van der Waals surface area (Å²) in [5, 5.41) is 1.20. The van der Waals surface area contributed by atoms with E-state index in [4.69, 9.17) is 9.72 Å². The summed E-state index contributed by atoms with van der Waals surface area (Å²) < 4.78 is 5.56. The Morgan fingerprint density at radius 3 is 2.50 bits per heavy atom. The molecule has 0 radical (unpaired) electrons. The number of ether oxygens (including phenoxy) is 1. The molecule has 4 heteroatoms. The van der Waals surface area contributed by atoms with Crippen LogP contribution < -0.4 is 0 Å². The minimum Gasteiger partial charge on any atom is -0.381 e. The molecule has 156 valence electrons. The van der Waals surface area contributed by atoms with Gasteiger partial charge in [0.15, 0.2) is 5.78 Å². The number of carbonyl (C=O) groups excluding carboxylic acids is 1.